The predicted octanol–water partition coefficient (Wildman–Crippen LogP) is 4.60. The molecule has 2 aromatic rings. The van der Waals surface area contributed by atoms with Crippen molar-refractivity contribution in [2.24, 2.45) is 5.73 Å². The summed E-state index contributed by atoms with van der Waals surface area (Å²) >= 11 is 0. The van der Waals surface area contributed by atoms with Gasteiger partial charge in [-0.15, -0.1) is 0 Å². The largest absolute Gasteiger partial charge is 0.466 e. The van der Waals surface area contributed by atoms with Gasteiger partial charge in [-0.1, -0.05) is 37.6 Å². The van der Waals surface area contributed by atoms with Gasteiger partial charge in [-0.3, -0.25) is 0 Å². The van der Waals surface area contributed by atoms with Crippen LogP contribution in [0, 0.1) is 20.8 Å². The second kappa shape index (κ2) is 6.27. The fourth-order valence-corrected chi connectivity index (χ4v) is 2.71. The van der Waals surface area contributed by atoms with Crippen LogP contribution in [0.15, 0.2) is 28.7 Å². The lowest BCUT2D eigenvalue weighted by atomic mass is 9.95. The molecule has 2 rings (SSSR count). The zero-order valence-electron chi connectivity index (χ0n) is 13.0. The third kappa shape index (κ3) is 2.96. The van der Waals surface area contributed by atoms with Gasteiger partial charge >= 0.3 is 0 Å². The van der Waals surface area contributed by atoms with Gasteiger partial charge < -0.3 is 10.2 Å². The summed E-state index contributed by atoms with van der Waals surface area (Å²) in [6.07, 6.45) is 3.62. The number of hydrogen-bond acceptors (Lipinski definition) is 2. The molecule has 0 fully saturated rings. The number of rotatable bonds is 5. The van der Waals surface area contributed by atoms with Gasteiger partial charge in [-0.05, 0) is 50.3 Å². The number of furan rings is 1. The summed E-state index contributed by atoms with van der Waals surface area (Å²) < 4.78 is 5.68. The second-order valence-electron chi connectivity index (χ2n) is 5.58. The lowest BCUT2D eigenvalue weighted by molar-refractivity contribution is 0.498. The van der Waals surface area contributed by atoms with E-state index in [0.717, 1.165) is 29.1 Å². The Morgan fingerprint density at radius 2 is 1.70 bits per heavy atom. The highest BCUT2D eigenvalue weighted by Gasteiger charge is 2.19. The first-order valence-corrected chi connectivity index (χ1v) is 7.45. The lowest BCUT2D eigenvalue weighted by Gasteiger charge is -2.13. The third-order valence-electron chi connectivity index (χ3n) is 4.09. The van der Waals surface area contributed by atoms with Crippen LogP contribution >= 0.6 is 0 Å². The van der Waals surface area contributed by atoms with E-state index < -0.39 is 0 Å². The zero-order valence-corrected chi connectivity index (χ0v) is 13.0. The van der Waals surface area contributed by atoms with Crippen molar-refractivity contribution < 1.29 is 4.42 Å². The highest BCUT2D eigenvalue weighted by Crippen LogP contribution is 2.29. The topological polar surface area (TPSA) is 39.2 Å². The van der Waals surface area contributed by atoms with Crippen molar-refractivity contribution in [1.29, 1.82) is 0 Å². The molecule has 0 aliphatic heterocycles. The average Bonchev–Trinajstić information content (AvgIpc) is 2.70. The first-order valence-electron chi connectivity index (χ1n) is 7.45. The van der Waals surface area contributed by atoms with Gasteiger partial charge in [0.15, 0.2) is 0 Å². The minimum absolute atomic E-state index is 0.104. The van der Waals surface area contributed by atoms with Crippen molar-refractivity contribution in [1.82, 2.24) is 0 Å². The van der Waals surface area contributed by atoms with Crippen molar-refractivity contribution in [2.45, 2.75) is 53.0 Å². The van der Waals surface area contributed by atoms with E-state index in [1.54, 1.807) is 0 Å². The first kappa shape index (κ1) is 14.9. The number of hydrogen-bond donors (Lipinski definition) is 1. The number of aryl methyl sites for hydroxylation is 3. The normalized spacial score (nSPS) is 12.7. The maximum absolute atomic E-state index is 6.42. The third-order valence-corrected chi connectivity index (χ3v) is 4.09. The van der Waals surface area contributed by atoms with Crippen LogP contribution in [0.2, 0.25) is 0 Å². The summed E-state index contributed by atoms with van der Waals surface area (Å²) in [7, 11) is 0. The molecule has 1 atom stereocenters. The Hall–Kier alpha value is -1.54. The Morgan fingerprint density at radius 3 is 2.20 bits per heavy atom. The summed E-state index contributed by atoms with van der Waals surface area (Å²) in [5.74, 6) is 1.90. The van der Waals surface area contributed by atoms with Crippen LogP contribution < -0.4 is 5.73 Å². The molecule has 20 heavy (non-hydrogen) atoms. The number of benzene rings is 1. The van der Waals surface area contributed by atoms with E-state index in [1.165, 1.54) is 24.0 Å². The molecule has 1 aromatic heterocycles. The fraction of sp³-hybridized carbons (Fsp3) is 0.444. The summed E-state index contributed by atoms with van der Waals surface area (Å²) in [6, 6.07) is 8.59. The molecule has 2 N–H and O–H groups in total. The van der Waals surface area contributed by atoms with Crippen LogP contribution in [0.3, 0.4) is 0 Å². The molecule has 0 bridgehead atoms. The highest BCUT2D eigenvalue weighted by atomic mass is 16.3. The van der Waals surface area contributed by atoms with Crippen LogP contribution in [0.25, 0.3) is 0 Å². The molecule has 2 nitrogen and oxygen atoms in total. The van der Waals surface area contributed by atoms with E-state index in [1.807, 2.05) is 13.8 Å². The molecule has 1 unspecified atom stereocenters. The predicted molar refractivity (Wildman–Crippen MR) is 84.0 cm³/mol. The van der Waals surface area contributed by atoms with E-state index in [2.05, 4.69) is 38.1 Å². The van der Waals surface area contributed by atoms with Crippen LogP contribution in [-0.4, -0.2) is 0 Å². The second-order valence-corrected chi connectivity index (χ2v) is 5.58. The molecule has 108 valence electrons. The summed E-state index contributed by atoms with van der Waals surface area (Å²) in [5.41, 5.74) is 11.3. The summed E-state index contributed by atoms with van der Waals surface area (Å²) in [5, 5.41) is 0. The van der Waals surface area contributed by atoms with Crippen molar-refractivity contribution in [3.8, 4) is 0 Å². The van der Waals surface area contributed by atoms with Gasteiger partial charge in [-0.25, -0.2) is 0 Å². The fourth-order valence-electron chi connectivity index (χ4n) is 2.71. The van der Waals surface area contributed by atoms with Crippen molar-refractivity contribution >= 4 is 0 Å². The lowest BCUT2D eigenvalue weighted by Crippen LogP contribution is -2.13. The Kier molecular flexibility index (Phi) is 4.66. The zero-order chi connectivity index (χ0) is 14.7. The molecule has 1 heterocycles. The van der Waals surface area contributed by atoms with Gasteiger partial charge in [0.25, 0.3) is 0 Å². The van der Waals surface area contributed by atoms with Crippen LogP contribution in [0.4, 0.5) is 0 Å². The van der Waals surface area contributed by atoms with E-state index in [9.17, 15) is 0 Å². The van der Waals surface area contributed by atoms with E-state index in [0.29, 0.717) is 0 Å². The molecule has 1 aromatic carbocycles. The molecule has 2 heteroatoms. The minimum Gasteiger partial charge on any atom is -0.466 e. The first-order chi connectivity index (χ1) is 9.54. The quantitative estimate of drug-likeness (QED) is 0.863. The minimum atomic E-state index is -0.104. The van der Waals surface area contributed by atoms with Gasteiger partial charge in [-0.2, -0.15) is 0 Å². The van der Waals surface area contributed by atoms with Crippen molar-refractivity contribution in [3.63, 3.8) is 0 Å². The van der Waals surface area contributed by atoms with E-state index in [4.69, 9.17) is 10.2 Å². The smallest absolute Gasteiger partial charge is 0.106 e. The number of nitrogens with two attached hydrogens (primary N) is 1. The Bertz CT molecular complexity index is 566. The average molecular weight is 271 g/mol. The number of unbranched alkanes of at least 4 members (excludes halogenated alkanes) is 1. The molecular formula is C18H25NO. The monoisotopic (exact) mass is 271 g/mol. The summed E-state index contributed by atoms with van der Waals surface area (Å²) in [6.45, 7) is 8.28. The van der Waals surface area contributed by atoms with Crippen LogP contribution in [-0.2, 0) is 6.42 Å². The van der Waals surface area contributed by atoms with Crippen LogP contribution in [0.5, 0.6) is 0 Å². The van der Waals surface area contributed by atoms with E-state index in [-0.39, 0.29) is 6.04 Å². The molecule has 0 aliphatic rings. The Labute approximate surface area is 122 Å². The van der Waals surface area contributed by atoms with Crippen molar-refractivity contribution in [3.05, 3.63) is 58.0 Å². The van der Waals surface area contributed by atoms with Gasteiger partial charge in [0, 0.05) is 5.56 Å². The molecular weight excluding hydrogens is 246 g/mol. The van der Waals surface area contributed by atoms with Crippen LogP contribution in [0.1, 0.15) is 59.6 Å². The maximum Gasteiger partial charge on any atom is 0.106 e. The molecule has 0 saturated heterocycles. The standard InChI is InChI=1S/C18H25NO/c1-5-6-7-15-8-10-16(11-9-15)18(19)17-12(2)13(3)20-14(17)4/h8-11,18H,5-7,19H2,1-4H3. The maximum atomic E-state index is 6.42. The van der Waals surface area contributed by atoms with Crippen molar-refractivity contribution in [2.75, 3.05) is 0 Å². The summed E-state index contributed by atoms with van der Waals surface area (Å²) in [4.78, 5) is 0. The Morgan fingerprint density at radius 1 is 1.05 bits per heavy atom. The molecule has 0 aliphatic carbocycles. The van der Waals surface area contributed by atoms with Gasteiger partial charge in [0.2, 0.25) is 0 Å². The SMILES string of the molecule is CCCCc1ccc(C(N)c2c(C)oc(C)c2C)cc1. The highest BCUT2D eigenvalue weighted by molar-refractivity contribution is 5.40. The molecule has 0 radical (unpaired) electrons. The van der Waals surface area contributed by atoms with Gasteiger partial charge in [0.1, 0.15) is 11.5 Å². The van der Waals surface area contributed by atoms with E-state index >= 15 is 0 Å². The Balaban J connectivity index is 2.22. The molecule has 0 saturated carbocycles. The molecule has 0 amide bonds. The molecule has 0 spiro atoms. The van der Waals surface area contributed by atoms with Gasteiger partial charge in [0.05, 0.1) is 6.04 Å².